The first-order valence-electron chi connectivity index (χ1n) is 5.45. The zero-order valence-corrected chi connectivity index (χ0v) is 9.68. The predicted octanol–water partition coefficient (Wildman–Crippen LogP) is 0.531. The maximum absolute atomic E-state index is 9.32. The van der Waals surface area contributed by atoms with Gasteiger partial charge in [-0.05, 0) is 5.56 Å². The van der Waals surface area contributed by atoms with Crippen LogP contribution in [0.2, 0.25) is 0 Å². The predicted molar refractivity (Wildman–Crippen MR) is 66.2 cm³/mol. The lowest BCUT2D eigenvalue weighted by molar-refractivity contribution is 0.214. The zero-order chi connectivity index (χ0) is 12.1. The fourth-order valence-corrected chi connectivity index (χ4v) is 1.76. The fraction of sp³-hybridized carbons (Fsp3) is 0.333. The summed E-state index contributed by atoms with van der Waals surface area (Å²) >= 11 is 0. The summed E-state index contributed by atoms with van der Waals surface area (Å²) in [5.41, 5.74) is 2.28. The quantitative estimate of drug-likeness (QED) is 0.589. The van der Waals surface area contributed by atoms with Crippen LogP contribution in [0, 0.1) is 0 Å². The molecule has 0 unspecified atom stereocenters. The monoisotopic (exact) mass is 233 g/mol. The summed E-state index contributed by atoms with van der Waals surface area (Å²) in [5.74, 6) is 0.716. The second kappa shape index (κ2) is 5.45. The molecule has 0 amide bonds. The Morgan fingerprint density at radius 2 is 2.35 bits per heavy atom. The molecular formula is C12H15N3O2. The molecule has 5 heteroatoms. The lowest BCUT2D eigenvalue weighted by atomic mass is 10.0. The summed E-state index contributed by atoms with van der Waals surface area (Å²) in [6.07, 6.45) is 0. The summed E-state index contributed by atoms with van der Waals surface area (Å²) in [6, 6.07) is 7.53. The van der Waals surface area contributed by atoms with E-state index in [0.717, 1.165) is 24.2 Å². The molecular weight excluding hydrogens is 218 g/mol. The third kappa shape index (κ3) is 2.45. The Morgan fingerprint density at radius 3 is 3.00 bits per heavy atom. The van der Waals surface area contributed by atoms with Crippen LogP contribution in [0.15, 0.2) is 34.4 Å². The van der Waals surface area contributed by atoms with Crippen molar-refractivity contribution >= 4 is 11.5 Å². The lowest BCUT2D eigenvalue weighted by Gasteiger charge is -2.10. The average molecular weight is 233 g/mol. The van der Waals surface area contributed by atoms with Crippen molar-refractivity contribution in [1.29, 1.82) is 0 Å². The van der Waals surface area contributed by atoms with E-state index in [1.54, 1.807) is 0 Å². The Labute approximate surface area is 99.8 Å². The Morgan fingerprint density at radius 1 is 1.53 bits per heavy atom. The highest BCUT2D eigenvalue weighted by Crippen LogP contribution is 2.12. The first kappa shape index (κ1) is 11.6. The summed E-state index contributed by atoms with van der Waals surface area (Å²) in [4.78, 5) is 9.18. The largest absolute Gasteiger partial charge is 0.399 e. The van der Waals surface area contributed by atoms with Crippen molar-refractivity contribution in [3.63, 3.8) is 0 Å². The van der Waals surface area contributed by atoms with Gasteiger partial charge in [0.1, 0.15) is 7.11 Å². The van der Waals surface area contributed by atoms with Crippen molar-refractivity contribution in [2.75, 3.05) is 20.2 Å². The smallest absolute Gasteiger partial charge is 0.152 e. The molecule has 5 nitrogen and oxygen atoms in total. The SMILES string of the molecule is CO/N=C(/C1=NCCN1)c1ccccc1CO. The maximum Gasteiger partial charge on any atom is 0.152 e. The van der Waals surface area contributed by atoms with E-state index < -0.39 is 0 Å². The molecule has 2 N–H and O–H groups in total. The van der Waals surface area contributed by atoms with E-state index in [0.29, 0.717) is 11.5 Å². The van der Waals surface area contributed by atoms with Crippen molar-refractivity contribution in [2.45, 2.75) is 6.61 Å². The minimum atomic E-state index is -0.0355. The van der Waals surface area contributed by atoms with Gasteiger partial charge in [-0.3, -0.25) is 4.99 Å². The minimum absolute atomic E-state index is 0.0355. The number of hydrogen-bond donors (Lipinski definition) is 2. The number of amidine groups is 1. The molecule has 0 atom stereocenters. The highest BCUT2D eigenvalue weighted by molar-refractivity contribution is 6.48. The van der Waals surface area contributed by atoms with Crippen LogP contribution in [0.4, 0.5) is 0 Å². The summed E-state index contributed by atoms with van der Waals surface area (Å²) in [5, 5.41) is 16.5. The van der Waals surface area contributed by atoms with Gasteiger partial charge in [-0.2, -0.15) is 0 Å². The van der Waals surface area contributed by atoms with Gasteiger partial charge in [-0.1, -0.05) is 29.4 Å². The highest BCUT2D eigenvalue weighted by atomic mass is 16.6. The molecule has 0 bridgehead atoms. The second-order valence-corrected chi connectivity index (χ2v) is 3.59. The third-order valence-electron chi connectivity index (χ3n) is 2.52. The molecule has 1 heterocycles. The van der Waals surface area contributed by atoms with Gasteiger partial charge in [0.25, 0.3) is 0 Å². The lowest BCUT2D eigenvalue weighted by Crippen LogP contribution is -2.29. The van der Waals surface area contributed by atoms with E-state index in [1.165, 1.54) is 7.11 Å². The Kier molecular flexibility index (Phi) is 3.72. The summed E-state index contributed by atoms with van der Waals surface area (Å²) in [6.45, 7) is 1.50. The number of oxime groups is 1. The third-order valence-corrected chi connectivity index (χ3v) is 2.52. The molecule has 0 spiro atoms. The van der Waals surface area contributed by atoms with E-state index in [4.69, 9.17) is 4.84 Å². The van der Waals surface area contributed by atoms with Crippen LogP contribution in [0.25, 0.3) is 0 Å². The van der Waals surface area contributed by atoms with Gasteiger partial charge in [-0.25, -0.2) is 0 Å². The summed E-state index contributed by atoms with van der Waals surface area (Å²) in [7, 11) is 1.50. The number of aliphatic hydroxyl groups is 1. The maximum atomic E-state index is 9.32. The van der Waals surface area contributed by atoms with Gasteiger partial charge in [0.2, 0.25) is 0 Å². The number of aliphatic hydroxyl groups excluding tert-OH is 1. The number of nitrogens with one attached hydrogen (secondary N) is 1. The van der Waals surface area contributed by atoms with E-state index in [2.05, 4.69) is 15.5 Å². The molecule has 0 aliphatic carbocycles. The van der Waals surface area contributed by atoms with Crippen LogP contribution >= 0.6 is 0 Å². The van der Waals surface area contributed by atoms with Gasteiger partial charge in [0.15, 0.2) is 11.5 Å². The topological polar surface area (TPSA) is 66.2 Å². The van der Waals surface area contributed by atoms with Crippen LogP contribution < -0.4 is 5.32 Å². The van der Waals surface area contributed by atoms with Crippen LogP contribution in [-0.2, 0) is 11.4 Å². The van der Waals surface area contributed by atoms with E-state index in [-0.39, 0.29) is 6.61 Å². The Hall–Kier alpha value is -1.88. The molecule has 2 rings (SSSR count). The molecule has 0 saturated heterocycles. The number of rotatable bonds is 4. The zero-order valence-electron chi connectivity index (χ0n) is 9.68. The normalized spacial score (nSPS) is 15.4. The molecule has 1 aromatic rings. The van der Waals surface area contributed by atoms with Gasteiger partial charge in [-0.15, -0.1) is 0 Å². The second-order valence-electron chi connectivity index (χ2n) is 3.59. The Bertz CT molecular complexity index is 455. The van der Waals surface area contributed by atoms with Gasteiger partial charge < -0.3 is 15.3 Å². The standard InChI is InChI=1S/C12H15N3O2/c1-17-15-11(12-13-6-7-14-12)10-5-3-2-4-9(10)8-16/h2-5,16H,6-8H2,1H3,(H,13,14)/b15-11+. The van der Waals surface area contributed by atoms with Crippen LogP contribution in [0.1, 0.15) is 11.1 Å². The van der Waals surface area contributed by atoms with Crippen molar-refractivity contribution < 1.29 is 9.94 Å². The molecule has 0 aromatic heterocycles. The van der Waals surface area contributed by atoms with Crippen molar-refractivity contribution in [3.8, 4) is 0 Å². The molecule has 1 aromatic carbocycles. The van der Waals surface area contributed by atoms with Gasteiger partial charge in [0, 0.05) is 12.1 Å². The number of aliphatic imine (C=N–C) groups is 1. The molecule has 0 saturated carbocycles. The number of benzene rings is 1. The first-order chi connectivity index (χ1) is 8.36. The van der Waals surface area contributed by atoms with Crippen LogP contribution in [-0.4, -0.2) is 36.9 Å². The highest BCUT2D eigenvalue weighted by Gasteiger charge is 2.18. The molecule has 0 fully saturated rings. The van der Waals surface area contributed by atoms with Crippen molar-refractivity contribution in [1.82, 2.24) is 5.32 Å². The van der Waals surface area contributed by atoms with Crippen molar-refractivity contribution in [2.24, 2.45) is 10.1 Å². The summed E-state index contributed by atoms with van der Waals surface area (Å²) < 4.78 is 0. The molecule has 90 valence electrons. The first-order valence-corrected chi connectivity index (χ1v) is 5.45. The number of hydrogen-bond acceptors (Lipinski definition) is 5. The van der Waals surface area contributed by atoms with Gasteiger partial charge >= 0.3 is 0 Å². The molecule has 1 aliphatic heterocycles. The minimum Gasteiger partial charge on any atom is -0.399 e. The van der Waals surface area contributed by atoms with E-state index in [1.807, 2.05) is 24.3 Å². The molecule has 1 aliphatic rings. The van der Waals surface area contributed by atoms with Crippen LogP contribution in [0.3, 0.4) is 0 Å². The van der Waals surface area contributed by atoms with Crippen LogP contribution in [0.5, 0.6) is 0 Å². The fourth-order valence-electron chi connectivity index (χ4n) is 1.76. The van der Waals surface area contributed by atoms with Gasteiger partial charge in [0.05, 0.1) is 13.2 Å². The Balaban J connectivity index is 2.42. The molecule has 0 radical (unpaired) electrons. The van der Waals surface area contributed by atoms with E-state index in [9.17, 15) is 5.11 Å². The number of nitrogens with zero attached hydrogens (tertiary/aromatic N) is 2. The molecule has 17 heavy (non-hydrogen) atoms. The van der Waals surface area contributed by atoms with Crippen molar-refractivity contribution in [3.05, 3.63) is 35.4 Å². The average Bonchev–Trinajstić information content (AvgIpc) is 2.89. The van der Waals surface area contributed by atoms with E-state index >= 15 is 0 Å².